The van der Waals surface area contributed by atoms with Gasteiger partial charge in [-0.25, -0.2) is 13.6 Å². The Morgan fingerprint density at radius 3 is 2.41 bits per heavy atom. The van der Waals surface area contributed by atoms with Crippen LogP contribution in [0.5, 0.6) is 0 Å². The van der Waals surface area contributed by atoms with E-state index < -0.39 is 10.0 Å². The van der Waals surface area contributed by atoms with Crippen molar-refractivity contribution in [2.75, 3.05) is 10.6 Å². The van der Waals surface area contributed by atoms with E-state index >= 15 is 0 Å². The van der Waals surface area contributed by atoms with Crippen molar-refractivity contribution in [3.05, 3.63) is 36.0 Å². The van der Waals surface area contributed by atoms with E-state index in [1.165, 1.54) is 12.1 Å². The number of sulfonamides is 1. The van der Waals surface area contributed by atoms with Gasteiger partial charge < -0.3 is 10.6 Å². The maximum Gasteiger partial charge on any atom is 0.238 e. The number of nitrogens with zero attached hydrogens (tertiary/aromatic N) is 4. The minimum Gasteiger partial charge on any atom is -0.365 e. The molecule has 0 atom stereocenters. The van der Waals surface area contributed by atoms with Crippen molar-refractivity contribution in [3.63, 3.8) is 0 Å². The summed E-state index contributed by atoms with van der Waals surface area (Å²) in [6.07, 6.45) is 1.71. The van der Waals surface area contributed by atoms with E-state index in [1.807, 2.05) is 27.8 Å². The Hall–Kier alpha value is -2.72. The van der Waals surface area contributed by atoms with Crippen LogP contribution in [0, 0.1) is 0 Å². The molecule has 0 spiro atoms. The van der Waals surface area contributed by atoms with Crippen LogP contribution < -0.4 is 15.8 Å². The topological polar surface area (TPSA) is 128 Å². The number of fused-ring (bicyclic) bond motifs is 1. The molecule has 3 aromatic rings. The molecule has 0 saturated carbocycles. The van der Waals surface area contributed by atoms with Crippen molar-refractivity contribution in [2.45, 2.75) is 37.8 Å². The third-order valence-corrected chi connectivity index (χ3v) is 4.72. The number of aryl methyl sites for hydroxylation is 1. The summed E-state index contributed by atoms with van der Waals surface area (Å²) < 4.78 is 24.4. The van der Waals surface area contributed by atoms with Gasteiger partial charge in [0.15, 0.2) is 5.65 Å². The van der Waals surface area contributed by atoms with Crippen LogP contribution in [0.15, 0.2) is 35.4 Å². The Kier molecular flexibility index (Phi) is 4.79. The first-order chi connectivity index (χ1) is 12.5. The molecule has 0 saturated heterocycles. The van der Waals surface area contributed by atoms with Crippen molar-refractivity contribution in [3.8, 4) is 0 Å². The number of nitrogens with one attached hydrogen (secondary N) is 2. The quantitative estimate of drug-likeness (QED) is 0.607. The summed E-state index contributed by atoms with van der Waals surface area (Å²) in [5.41, 5.74) is 1.42. The predicted molar refractivity (Wildman–Crippen MR) is 105 cm³/mol. The van der Waals surface area contributed by atoms with Crippen LogP contribution in [0.1, 0.15) is 26.3 Å². The Balaban J connectivity index is 1.87. The monoisotopic (exact) mass is 389 g/mol. The fraction of sp³-hybridized carbons (Fsp3) is 0.353. The molecule has 0 fully saturated rings. The molecule has 0 bridgehead atoms. The molecule has 1 aromatic carbocycles. The van der Waals surface area contributed by atoms with Crippen molar-refractivity contribution < 1.29 is 8.42 Å². The predicted octanol–water partition coefficient (Wildman–Crippen LogP) is 1.83. The molecule has 2 heterocycles. The van der Waals surface area contributed by atoms with E-state index in [9.17, 15) is 8.42 Å². The van der Waals surface area contributed by atoms with Gasteiger partial charge in [0.05, 0.1) is 16.5 Å². The van der Waals surface area contributed by atoms with Gasteiger partial charge in [0.1, 0.15) is 5.82 Å². The molecule has 27 heavy (non-hydrogen) atoms. The zero-order valence-corrected chi connectivity index (χ0v) is 16.5. The number of rotatable bonds is 5. The van der Waals surface area contributed by atoms with Crippen molar-refractivity contribution >= 4 is 32.8 Å². The SMILES string of the molecule is Cn1ncc2c(NCc3ccc(S(N)(=O)=O)cc3)nc(NC(C)(C)C)nc21. The fourth-order valence-electron chi connectivity index (χ4n) is 2.53. The highest BCUT2D eigenvalue weighted by atomic mass is 32.2. The smallest absolute Gasteiger partial charge is 0.238 e. The molecule has 0 unspecified atom stereocenters. The highest BCUT2D eigenvalue weighted by Gasteiger charge is 2.16. The van der Waals surface area contributed by atoms with Crippen LogP contribution in [0.4, 0.5) is 11.8 Å². The number of hydrogen-bond donors (Lipinski definition) is 3. The molecule has 4 N–H and O–H groups in total. The average Bonchev–Trinajstić information content (AvgIpc) is 2.92. The fourth-order valence-corrected chi connectivity index (χ4v) is 3.05. The lowest BCUT2D eigenvalue weighted by molar-refractivity contribution is 0.597. The molecule has 0 amide bonds. The second-order valence-electron chi connectivity index (χ2n) is 7.32. The Morgan fingerprint density at radius 1 is 1.15 bits per heavy atom. The van der Waals surface area contributed by atoms with Gasteiger partial charge in [-0.05, 0) is 38.5 Å². The minimum absolute atomic E-state index is 0.0830. The number of aromatic nitrogens is 4. The molecule has 3 rings (SSSR count). The summed E-state index contributed by atoms with van der Waals surface area (Å²) in [6, 6.07) is 6.39. The normalized spacial score (nSPS) is 12.3. The zero-order valence-electron chi connectivity index (χ0n) is 15.7. The Morgan fingerprint density at radius 2 is 1.81 bits per heavy atom. The van der Waals surface area contributed by atoms with Crippen molar-refractivity contribution in [1.29, 1.82) is 0 Å². The summed E-state index contributed by atoms with van der Waals surface area (Å²) in [5.74, 6) is 1.15. The lowest BCUT2D eigenvalue weighted by atomic mass is 10.1. The molecule has 0 aliphatic heterocycles. The van der Waals surface area contributed by atoms with Crippen LogP contribution in [0.2, 0.25) is 0 Å². The molecule has 144 valence electrons. The van der Waals surface area contributed by atoms with Crippen molar-refractivity contribution in [2.24, 2.45) is 12.2 Å². The summed E-state index contributed by atoms with van der Waals surface area (Å²) in [4.78, 5) is 9.18. The van der Waals surface area contributed by atoms with Gasteiger partial charge >= 0.3 is 0 Å². The second kappa shape index (κ2) is 6.78. The van der Waals surface area contributed by atoms with Gasteiger partial charge in [-0.1, -0.05) is 12.1 Å². The van der Waals surface area contributed by atoms with E-state index in [2.05, 4.69) is 25.7 Å². The molecule has 0 aliphatic rings. The first-order valence-electron chi connectivity index (χ1n) is 8.36. The highest BCUT2D eigenvalue weighted by molar-refractivity contribution is 7.89. The van der Waals surface area contributed by atoms with E-state index in [-0.39, 0.29) is 10.4 Å². The summed E-state index contributed by atoms with van der Waals surface area (Å²) in [6.45, 7) is 6.55. The van der Waals surface area contributed by atoms with Crippen LogP contribution in [-0.4, -0.2) is 33.7 Å². The average molecular weight is 389 g/mol. The van der Waals surface area contributed by atoms with Crippen molar-refractivity contribution in [1.82, 2.24) is 19.7 Å². The number of primary sulfonamides is 1. The Bertz CT molecular complexity index is 1070. The van der Waals surface area contributed by atoms with Gasteiger partial charge in [0.25, 0.3) is 0 Å². The van der Waals surface area contributed by atoms with Gasteiger partial charge in [-0.3, -0.25) is 4.68 Å². The molecular formula is C17H23N7O2S. The third-order valence-electron chi connectivity index (χ3n) is 3.79. The number of nitrogens with two attached hydrogens (primary N) is 1. The zero-order chi connectivity index (χ0) is 19.8. The van der Waals surface area contributed by atoms with Gasteiger partial charge in [0, 0.05) is 19.1 Å². The third kappa shape index (κ3) is 4.52. The summed E-state index contributed by atoms with van der Waals surface area (Å²) in [7, 11) is -1.87. The van der Waals surface area contributed by atoms with Gasteiger partial charge in [-0.2, -0.15) is 15.1 Å². The standard InChI is InChI=1S/C17H23N7O2S/c1-17(2,3)23-16-21-14(13-10-20-24(4)15(13)22-16)19-9-11-5-7-12(8-6-11)27(18,25)26/h5-8,10H,9H2,1-4H3,(H2,18,25,26)(H2,19,21,22,23). The van der Waals surface area contributed by atoms with Crippen LogP contribution in [0.3, 0.4) is 0 Å². The van der Waals surface area contributed by atoms with E-state index in [0.29, 0.717) is 24.0 Å². The largest absolute Gasteiger partial charge is 0.365 e. The van der Waals surface area contributed by atoms with Gasteiger partial charge in [-0.15, -0.1) is 0 Å². The maximum absolute atomic E-state index is 11.4. The van der Waals surface area contributed by atoms with Gasteiger partial charge in [0.2, 0.25) is 16.0 Å². The summed E-state index contributed by atoms with van der Waals surface area (Å²) in [5, 5.41) is 16.7. The number of benzene rings is 1. The summed E-state index contributed by atoms with van der Waals surface area (Å²) >= 11 is 0. The first-order valence-corrected chi connectivity index (χ1v) is 9.91. The lowest BCUT2D eigenvalue weighted by Crippen LogP contribution is -2.27. The molecule has 0 radical (unpaired) electrons. The van der Waals surface area contributed by atoms with Crippen LogP contribution in [-0.2, 0) is 23.6 Å². The van der Waals surface area contributed by atoms with Crippen LogP contribution >= 0.6 is 0 Å². The van der Waals surface area contributed by atoms with E-state index in [0.717, 1.165) is 10.9 Å². The molecule has 2 aromatic heterocycles. The maximum atomic E-state index is 11.4. The minimum atomic E-state index is -3.70. The molecule has 0 aliphatic carbocycles. The van der Waals surface area contributed by atoms with E-state index in [1.54, 1.807) is 23.0 Å². The lowest BCUT2D eigenvalue weighted by Gasteiger charge is -2.21. The number of hydrogen-bond acceptors (Lipinski definition) is 7. The van der Waals surface area contributed by atoms with E-state index in [4.69, 9.17) is 5.14 Å². The molecule has 10 heteroatoms. The Labute approximate surface area is 158 Å². The number of anilines is 2. The van der Waals surface area contributed by atoms with Crippen LogP contribution in [0.25, 0.3) is 11.0 Å². The highest BCUT2D eigenvalue weighted by Crippen LogP contribution is 2.23. The second-order valence-corrected chi connectivity index (χ2v) is 8.88. The first kappa shape index (κ1) is 19.1. The molecule has 9 nitrogen and oxygen atoms in total. The molecular weight excluding hydrogens is 366 g/mol.